The Hall–Kier alpha value is -1.06. The maximum Gasteiger partial charge on any atom is 0.309 e. The fourth-order valence-corrected chi connectivity index (χ4v) is 3.93. The monoisotopic (exact) mass is 296 g/mol. The van der Waals surface area contributed by atoms with Crippen molar-refractivity contribution in [2.24, 2.45) is 11.8 Å². The van der Waals surface area contributed by atoms with Crippen LogP contribution in [0.3, 0.4) is 0 Å². The van der Waals surface area contributed by atoms with Crippen LogP contribution in [0.1, 0.15) is 77.6 Å². The van der Waals surface area contributed by atoms with Gasteiger partial charge in [0.1, 0.15) is 5.60 Å². The molecule has 2 aliphatic carbocycles. The zero-order valence-corrected chi connectivity index (χ0v) is 13.1. The van der Waals surface area contributed by atoms with E-state index in [0.29, 0.717) is 25.7 Å². The molecule has 0 saturated heterocycles. The number of carboxylic acids is 1. The summed E-state index contributed by atoms with van der Waals surface area (Å²) in [5, 5.41) is 9.02. The second-order valence-corrected chi connectivity index (χ2v) is 6.80. The third-order valence-corrected chi connectivity index (χ3v) is 5.20. The van der Waals surface area contributed by atoms with Gasteiger partial charge in [0.2, 0.25) is 0 Å². The third-order valence-electron chi connectivity index (χ3n) is 5.20. The SMILES string of the molecule is CCCC1(OC(=O)C2CCC(C(=O)O)CC2)CCCCC1. The lowest BCUT2D eigenvalue weighted by Gasteiger charge is -2.38. The fourth-order valence-electron chi connectivity index (χ4n) is 3.93. The molecule has 0 aromatic heterocycles. The fraction of sp³-hybridized carbons (Fsp3) is 0.882. The Morgan fingerprint density at radius 2 is 1.62 bits per heavy atom. The van der Waals surface area contributed by atoms with Gasteiger partial charge in [-0.2, -0.15) is 0 Å². The highest BCUT2D eigenvalue weighted by Crippen LogP contribution is 2.38. The number of hydrogen-bond donors (Lipinski definition) is 1. The molecule has 0 amide bonds. The highest BCUT2D eigenvalue weighted by atomic mass is 16.6. The second kappa shape index (κ2) is 7.28. The van der Waals surface area contributed by atoms with Crippen LogP contribution in [0, 0.1) is 11.8 Å². The lowest BCUT2D eigenvalue weighted by atomic mass is 9.80. The molecule has 0 heterocycles. The van der Waals surface area contributed by atoms with Gasteiger partial charge in [-0.1, -0.05) is 19.8 Å². The van der Waals surface area contributed by atoms with E-state index in [2.05, 4.69) is 6.92 Å². The molecule has 0 spiro atoms. The van der Waals surface area contributed by atoms with E-state index >= 15 is 0 Å². The summed E-state index contributed by atoms with van der Waals surface area (Å²) in [5.41, 5.74) is -0.228. The molecule has 0 radical (unpaired) electrons. The van der Waals surface area contributed by atoms with Crippen molar-refractivity contribution in [1.82, 2.24) is 0 Å². The molecule has 21 heavy (non-hydrogen) atoms. The molecule has 0 aromatic carbocycles. The molecule has 0 unspecified atom stereocenters. The second-order valence-electron chi connectivity index (χ2n) is 6.80. The number of hydrogen-bond acceptors (Lipinski definition) is 3. The maximum atomic E-state index is 12.5. The first-order valence-electron chi connectivity index (χ1n) is 8.52. The molecule has 0 aliphatic heterocycles. The molecular formula is C17H28O4. The largest absolute Gasteiger partial charge is 0.481 e. The van der Waals surface area contributed by atoms with Crippen molar-refractivity contribution in [3.8, 4) is 0 Å². The predicted octanol–water partition coefficient (Wildman–Crippen LogP) is 3.92. The maximum absolute atomic E-state index is 12.5. The summed E-state index contributed by atoms with van der Waals surface area (Å²) in [5.74, 6) is -1.16. The third kappa shape index (κ3) is 4.21. The summed E-state index contributed by atoms with van der Waals surface area (Å²) >= 11 is 0. The number of carboxylic acid groups (broad SMARTS) is 1. The van der Waals surface area contributed by atoms with Crippen molar-refractivity contribution in [2.45, 2.75) is 83.2 Å². The Balaban J connectivity index is 1.89. The topological polar surface area (TPSA) is 63.6 Å². The van der Waals surface area contributed by atoms with Crippen LogP contribution in [0.25, 0.3) is 0 Å². The van der Waals surface area contributed by atoms with Crippen molar-refractivity contribution >= 4 is 11.9 Å². The van der Waals surface area contributed by atoms with E-state index < -0.39 is 5.97 Å². The highest BCUT2D eigenvalue weighted by Gasteiger charge is 2.38. The van der Waals surface area contributed by atoms with Gasteiger partial charge >= 0.3 is 11.9 Å². The molecular weight excluding hydrogens is 268 g/mol. The number of carbonyl (C=O) groups excluding carboxylic acids is 1. The van der Waals surface area contributed by atoms with E-state index in [0.717, 1.165) is 38.5 Å². The van der Waals surface area contributed by atoms with Crippen LogP contribution < -0.4 is 0 Å². The van der Waals surface area contributed by atoms with Gasteiger partial charge in [-0.15, -0.1) is 0 Å². The zero-order chi connectivity index (χ0) is 15.3. The van der Waals surface area contributed by atoms with Crippen molar-refractivity contribution in [3.63, 3.8) is 0 Å². The minimum Gasteiger partial charge on any atom is -0.481 e. The first kappa shape index (κ1) is 16.3. The van der Waals surface area contributed by atoms with Crippen molar-refractivity contribution in [2.75, 3.05) is 0 Å². The summed E-state index contributed by atoms with van der Waals surface area (Å²) in [7, 11) is 0. The Labute approximate surface area is 127 Å². The zero-order valence-electron chi connectivity index (χ0n) is 13.1. The molecule has 4 heteroatoms. The summed E-state index contributed by atoms with van der Waals surface area (Å²) in [6.45, 7) is 2.14. The number of aliphatic carboxylic acids is 1. The highest BCUT2D eigenvalue weighted by molar-refractivity contribution is 5.74. The van der Waals surface area contributed by atoms with E-state index in [1.54, 1.807) is 0 Å². The van der Waals surface area contributed by atoms with Crippen LogP contribution >= 0.6 is 0 Å². The van der Waals surface area contributed by atoms with Crippen LogP contribution in [0.4, 0.5) is 0 Å². The lowest BCUT2D eigenvalue weighted by Crippen LogP contribution is -2.40. The van der Waals surface area contributed by atoms with Crippen LogP contribution in [0.2, 0.25) is 0 Å². The molecule has 2 saturated carbocycles. The van der Waals surface area contributed by atoms with Gasteiger partial charge < -0.3 is 9.84 Å². The van der Waals surface area contributed by atoms with E-state index in [9.17, 15) is 9.59 Å². The van der Waals surface area contributed by atoms with E-state index in [1.165, 1.54) is 6.42 Å². The minimum atomic E-state index is -0.725. The van der Waals surface area contributed by atoms with E-state index in [-0.39, 0.29) is 23.4 Å². The van der Waals surface area contributed by atoms with Gasteiger partial charge in [0.15, 0.2) is 0 Å². The molecule has 0 bridgehead atoms. The number of rotatable bonds is 5. The Morgan fingerprint density at radius 3 is 2.14 bits per heavy atom. The van der Waals surface area contributed by atoms with Gasteiger partial charge in [0, 0.05) is 0 Å². The van der Waals surface area contributed by atoms with Crippen LogP contribution in [0.5, 0.6) is 0 Å². The smallest absolute Gasteiger partial charge is 0.309 e. The molecule has 2 rings (SSSR count). The standard InChI is InChI=1S/C17H28O4/c1-2-10-17(11-4-3-5-12-17)21-16(20)14-8-6-13(7-9-14)15(18)19/h13-14H,2-12H2,1H3,(H,18,19). The lowest BCUT2D eigenvalue weighted by molar-refractivity contribution is -0.171. The van der Waals surface area contributed by atoms with Gasteiger partial charge in [-0.3, -0.25) is 9.59 Å². The van der Waals surface area contributed by atoms with Crippen molar-refractivity contribution in [3.05, 3.63) is 0 Å². The summed E-state index contributed by atoms with van der Waals surface area (Å²) < 4.78 is 5.97. The average molecular weight is 296 g/mol. The van der Waals surface area contributed by atoms with Gasteiger partial charge in [0.05, 0.1) is 11.8 Å². The molecule has 2 fully saturated rings. The molecule has 0 aromatic rings. The predicted molar refractivity (Wildman–Crippen MR) is 79.9 cm³/mol. The summed E-state index contributed by atoms with van der Waals surface area (Å²) in [6.07, 6.45) is 10.1. The van der Waals surface area contributed by atoms with Crippen LogP contribution in [0.15, 0.2) is 0 Å². The number of ether oxygens (including phenoxy) is 1. The van der Waals surface area contributed by atoms with Gasteiger partial charge in [0.25, 0.3) is 0 Å². The molecule has 0 atom stereocenters. The minimum absolute atomic E-state index is 0.0748. The Bertz CT molecular complexity index is 357. The summed E-state index contributed by atoms with van der Waals surface area (Å²) in [6, 6.07) is 0. The molecule has 1 N–H and O–H groups in total. The van der Waals surface area contributed by atoms with Gasteiger partial charge in [-0.25, -0.2) is 0 Å². The molecule has 120 valence electrons. The van der Waals surface area contributed by atoms with Gasteiger partial charge in [-0.05, 0) is 57.8 Å². The number of carbonyl (C=O) groups is 2. The quantitative estimate of drug-likeness (QED) is 0.781. The first-order chi connectivity index (χ1) is 10.1. The van der Waals surface area contributed by atoms with Crippen LogP contribution in [-0.4, -0.2) is 22.6 Å². The van der Waals surface area contributed by atoms with E-state index in [4.69, 9.17) is 9.84 Å². The normalized spacial score (nSPS) is 28.8. The van der Waals surface area contributed by atoms with E-state index in [1.807, 2.05) is 0 Å². The summed E-state index contributed by atoms with van der Waals surface area (Å²) in [4.78, 5) is 23.4. The van der Waals surface area contributed by atoms with Crippen molar-refractivity contribution in [1.29, 1.82) is 0 Å². The molecule has 4 nitrogen and oxygen atoms in total. The average Bonchev–Trinajstić information content (AvgIpc) is 2.48. The Morgan fingerprint density at radius 1 is 1.05 bits per heavy atom. The Kier molecular flexibility index (Phi) is 5.65. The van der Waals surface area contributed by atoms with Crippen LogP contribution in [-0.2, 0) is 14.3 Å². The first-order valence-corrected chi connectivity index (χ1v) is 8.52. The van der Waals surface area contributed by atoms with Crippen molar-refractivity contribution < 1.29 is 19.4 Å². The molecule has 2 aliphatic rings. The number of esters is 1.